The number of carbonyl (C=O) groups excluding carboxylic acids is 1. The molecule has 3 N–H and O–H groups in total. The molecule has 3 rings (SSSR count). The second-order valence-corrected chi connectivity index (χ2v) is 7.06. The first kappa shape index (κ1) is 23.2. The van der Waals surface area contributed by atoms with Gasteiger partial charge in [0.25, 0.3) is 0 Å². The number of methoxy groups -OCH3 is 3. The van der Waals surface area contributed by atoms with Gasteiger partial charge >= 0.3 is 0 Å². The van der Waals surface area contributed by atoms with Crippen LogP contribution in [0.25, 0.3) is 0 Å². The average Bonchev–Trinajstić information content (AvgIpc) is 2.79. The van der Waals surface area contributed by atoms with Crippen molar-refractivity contribution in [2.24, 2.45) is 0 Å². The van der Waals surface area contributed by atoms with Crippen molar-refractivity contribution >= 4 is 52.1 Å². The van der Waals surface area contributed by atoms with Crippen molar-refractivity contribution in [1.29, 1.82) is 0 Å². The number of hydrogen-bond acceptors (Lipinski definition) is 8. The van der Waals surface area contributed by atoms with Gasteiger partial charge in [-0.15, -0.1) is 0 Å². The third-order valence-electron chi connectivity index (χ3n) is 4.29. The lowest BCUT2D eigenvalue weighted by Crippen LogP contribution is -2.22. The molecule has 0 radical (unpaired) electrons. The summed E-state index contributed by atoms with van der Waals surface area (Å²) < 4.78 is 15.8. The van der Waals surface area contributed by atoms with Crippen molar-refractivity contribution < 1.29 is 19.0 Å². The summed E-state index contributed by atoms with van der Waals surface area (Å²) in [5, 5.41) is 9.25. The quantitative estimate of drug-likeness (QED) is 0.410. The average molecular weight is 478 g/mol. The molecule has 0 fully saturated rings. The number of ether oxygens (including phenoxy) is 3. The van der Waals surface area contributed by atoms with E-state index in [4.69, 9.17) is 37.4 Å². The van der Waals surface area contributed by atoms with Gasteiger partial charge in [0.15, 0.2) is 5.75 Å². The van der Waals surface area contributed by atoms with Crippen molar-refractivity contribution in [3.05, 3.63) is 52.8 Å². The topological polar surface area (TPSA) is 107 Å². The molecule has 0 aliphatic rings. The van der Waals surface area contributed by atoms with Gasteiger partial charge < -0.3 is 30.2 Å². The Balaban J connectivity index is 1.67. The second kappa shape index (κ2) is 10.7. The van der Waals surface area contributed by atoms with Crippen LogP contribution in [0.4, 0.5) is 23.0 Å². The molecule has 0 aliphatic heterocycles. The smallest absolute Gasteiger partial charge is 0.244 e. The number of halogens is 2. The molecule has 2 aromatic carbocycles. The van der Waals surface area contributed by atoms with Crippen molar-refractivity contribution in [3.8, 4) is 17.2 Å². The van der Waals surface area contributed by atoms with E-state index in [1.54, 1.807) is 19.2 Å². The zero-order valence-corrected chi connectivity index (χ0v) is 19.0. The molecule has 0 bridgehead atoms. The zero-order valence-electron chi connectivity index (χ0n) is 17.5. The van der Waals surface area contributed by atoms with Crippen LogP contribution in [0.15, 0.2) is 42.7 Å². The van der Waals surface area contributed by atoms with Gasteiger partial charge in [0.2, 0.25) is 5.91 Å². The summed E-state index contributed by atoms with van der Waals surface area (Å²) in [6, 6.07) is 10.6. The predicted molar refractivity (Wildman–Crippen MR) is 125 cm³/mol. The number of nitrogens with one attached hydrogen (secondary N) is 3. The highest BCUT2D eigenvalue weighted by Gasteiger charge is 2.17. The Morgan fingerprint density at radius 3 is 2.34 bits per heavy atom. The van der Waals surface area contributed by atoms with Crippen molar-refractivity contribution in [2.75, 3.05) is 43.8 Å². The Bertz CT molecular complexity index is 1110. The van der Waals surface area contributed by atoms with Crippen LogP contribution in [-0.4, -0.2) is 43.7 Å². The van der Waals surface area contributed by atoms with E-state index >= 15 is 0 Å². The molecular formula is C21H21Cl2N5O4. The van der Waals surface area contributed by atoms with E-state index in [2.05, 4.69) is 25.9 Å². The maximum Gasteiger partial charge on any atom is 0.244 e. The minimum atomic E-state index is -0.351. The molecule has 1 aromatic heterocycles. The Morgan fingerprint density at radius 1 is 0.906 bits per heavy atom. The van der Waals surface area contributed by atoms with Crippen LogP contribution >= 0.6 is 23.2 Å². The van der Waals surface area contributed by atoms with Gasteiger partial charge in [-0.1, -0.05) is 35.3 Å². The standard InChI is InChI=1S/C21H21Cl2N5O4/c1-30-14-7-5-4-6-12(14)27-16-9-17(26-11-25-16)28-18(29)10-24-13-8-15(31-2)20(23)21(32-3)19(13)22/h4-9,11,24H,10H2,1-3H3,(H2,25,26,27,28,29). The summed E-state index contributed by atoms with van der Waals surface area (Å²) in [5.74, 6) is 1.73. The van der Waals surface area contributed by atoms with Crippen LogP contribution in [0.5, 0.6) is 17.2 Å². The van der Waals surface area contributed by atoms with E-state index in [1.807, 2.05) is 24.3 Å². The molecule has 0 saturated carbocycles. The lowest BCUT2D eigenvalue weighted by molar-refractivity contribution is -0.114. The molecule has 0 unspecified atom stereocenters. The highest BCUT2D eigenvalue weighted by molar-refractivity contribution is 6.39. The number of carbonyl (C=O) groups is 1. The molecule has 0 spiro atoms. The number of amides is 1. The molecule has 0 atom stereocenters. The fourth-order valence-electron chi connectivity index (χ4n) is 2.79. The first-order valence-electron chi connectivity index (χ1n) is 9.32. The zero-order chi connectivity index (χ0) is 23.1. The molecule has 0 aliphatic carbocycles. The summed E-state index contributed by atoms with van der Waals surface area (Å²) in [7, 11) is 4.49. The SMILES string of the molecule is COc1ccccc1Nc1cc(NC(=O)CNc2cc(OC)c(Cl)c(OC)c2Cl)ncn1. The highest BCUT2D eigenvalue weighted by atomic mass is 35.5. The first-order valence-corrected chi connectivity index (χ1v) is 10.1. The van der Waals surface area contributed by atoms with Crippen LogP contribution in [0.3, 0.4) is 0 Å². The van der Waals surface area contributed by atoms with Gasteiger partial charge in [0.05, 0.1) is 39.2 Å². The third kappa shape index (κ3) is 5.43. The van der Waals surface area contributed by atoms with E-state index < -0.39 is 0 Å². The van der Waals surface area contributed by atoms with Crippen LogP contribution in [-0.2, 0) is 4.79 Å². The number of nitrogens with zero attached hydrogens (tertiary/aromatic N) is 2. The second-order valence-electron chi connectivity index (χ2n) is 6.30. The van der Waals surface area contributed by atoms with Crippen LogP contribution in [0, 0.1) is 0 Å². The third-order valence-corrected chi connectivity index (χ3v) is 5.03. The number of benzene rings is 2. The largest absolute Gasteiger partial charge is 0.495 e. The van der Waals surface area contributed by atoms with E-state index in [0.717, 1.165) is 5.69 Å². The monoisotopic (exact) mass is 477 g/mol. The van der Waals surface area contributed by atoms with E-state index in [0.29, 0.717) is 28.8 Å². The van der Waals surface area contributed by atoms with Crippen LogP contribution in [0.1, 0.15) is 0 Å². The number of para-hydroxylation sites is 2. The number of anilines is 4. The molecule has 11 heteroatoms. The van der Waals surface area contributed by atoms with Gasteiger partial charge in [0, 0.05) is 12.1 Å². The van der Waals surface area contributed by atoms with E-state index in [1.165, 1.54) is 20.5 Å². The fourth-order valence-corrected chi connectivity index (χ4v) is 3.43. The maximum atomic E-state index is 12.4. The maximum absolute atomic E-state index is 12.4. The molecule has 0 saturated heterocycles. The van der Waals surface area contributed by atoms with Gasteiger partial charge in [-0.2, -0.15) is 0 Å². The molecule has 3 aromatic rings. The van der Waals surface area contributed by atoms with Gasteiger partial charge in [0.1, 0.15) is 39.5 Å². The molecule has 168 valence electrons. The summed E-state index contributed by atoms with van der Waals surface area (Å²) in [5.41, 5.74) is 1.16. The molecule has 32 heavy (non-hydrogen) atoms. The fraction of sp³-hybridized carbons (Fsp3) is 0.190. The van der Waals surface area contributed by atoms with Crippen molar-refractivity contribution in [3.63, 3.8) is 0 Å². The summed E-state index contributed by atoms with van der Waals surface area (Å²) >= 11 is 12.5. The summed E-state index contributed by atoms with van der Waals surface area (Å²) in [4.78, 5) is 20.7. The molecular weight excluding hydrogens is 457 g/mol. The van der Waals surface area contributed by atoms with Crippen molar-refractivity contribution in [1.82, 2.24) is 9.97 Å². The Hall–Kier alpha value is -3.43. The number of rotatable bonds is 9. The van der Waals surface area contributed by atoms with Gasteiger partial charge in [-0.05, 0) is 12.1 Å². The predicted octanol–water partition coefficient (Wildman–Crippen LogP) is 4.60. The number of hydrogen-bond donors (Lipinski definition) is 3. The summed E-state index contributed by atoms with van der Waals surface area (Å²) in [6.07, 6.45) is 1.34. The van der Waals surface area contributed by atoms with Crippen molar-refractivity contribution in [2.45, 2.75) is 0 Å². The summed E-state index contributed by atoms with van der Waals surface area (Å²) in [6.45, 7) is -0.0903. The van der Waals surface area contributed by atoms with Gasteiger partial charge in [-0.3, -0.25) is 4.79 Å². The number of aromatic nitrogens is 2. The molecule has 1 heterocycles. The normalized spacial score (nSPS) is 10.3. The van der Waals surface area contributed by atoms with Crippen LogP contribution < -0.4 is 30.2 Å². The Kier molecular flexibility index (Phi) is 7.80. The van der Waals surface area contributed by atoms with Gasteiger partial charge in [-0.25, -0.2) is 9.97 Å². The molecule has 1 amide bonds. The minimum absolute atomic E-state index is 0.0903. The highest BCUT2D eigenvalue weighted by Crippen LogP contribution is 2.44. The minimum Gasteiger partial charge on any atom is -0.495 e. The lowest BCUT2D eigenvalue weighted by atomic mass is 10.2. The first-order chi connectivity index (χ1) is 15.5. The van der Waals surface area contributed by atoms with E-state index in [-0.39, 0.29) is 28.2 Å². The Morgan fingerprint density at radius 2 is 1.62 bits per heavy atom. The Labute approximate surface area is 195 Å². The molecule has 9 nitrogen and oxygen atoms in total. The van der Waals surface area contributed by atoms with Crippen LogP contribution in [0.2, 0.25) is 10.0 Å². The van der Waals surface area contributed by atoms with E-state index in [9.17, 15) is 4.79 Å². The lowest BCUT2D eigenvalue weighted by Gasteiger charge is -2.15.